The van der Waals surface area contributed by atoms with E-state index >= 15 is 0 Å². The van der Waals surface area contributed by atoms with Gasteiger partial charge in [-0.25, -0.2) is 8.42 Å². The minimum absolute atomic E-state index is 0.112. The van der Waals surface area contributed by atoms with Gasteiger partial charge in [-0.15, -0.1) is 0 Å². The molecule has 0 radical (unpaired) electrons. The molecule has 0 aromatic carbocycles. The van der Waals surface area contributed by atoms with Crippen LogP contribution in [0.5, 0.6) is 0 Å². The van der Waals surface area contributed by atoms with Gasteiger partial charge in [-0.2, -0.15) is 4.31 Å². The summed E-state index contributed by atoms with van der Waals surface area (Å²) in [4.78, 5) is 13.7. The molecule has 1 aromatic rings. The first-order valence-corrected chi connectivity index (χ1v) is 6.35. The number of sulfonamides is 1. The van der Waals surface area contributed by atoms with Crippen molar-refractivity contribution in [3.8, 4) is 0 Å². The lowest BCUT2D eigenvalue weighted by molar-refractivity contribution is -0.140. The molecular formula is C9H12N2O4S. The minimum atomic E-state index is -3.67. The Labute approximate surface area is 92.9 Å². The zero-order valence-electron chi connectivity index (χ0n) is 8.46. The molecule has 1 aliphatic rings. The monoisotopic (exact) mass is 244 g/mol. The van der Waals surface area contributed by atoms with Gasteiger partial charge in [-0.3, -0.25) is 4.79 Å². The number of aliphatic carboxylic acids is 1. The van der Waals surface area contributed by atoms with Gasteiger partial charge < -0.3 is 10.1 Å². The Morgan fingerprint density at radius 1 is 1.56 bits per heavy atom. The Morgan fingerprint density at radius 2 is 2.31 bits per heavy atom. The highest BCUT2D eigenvalue weighted by Gasteiger charge is 2.39. The number of aromatic amines is 1. The van der Waals surface area contributed by atoms with Crippen molar-refractivity contribution in [2.75, 3.05) is 6.54 Å². The fourth-order valence-corrected chi connectivity index (χ4v) is 3.51. The van der Waals surface area contributed by atoms with Crippen LogP contribution in [0.15, 0.2) is 23.4 Å². The van der Waals surface area contributed by atoms with Crippen molar-refractivity contribution in [1.29, 1.82) is 0 Å². The third kappa shape index (κ3) is 1.72. The van der Waals surface area contributed by atoms with E-state index in [1.807, 2.05) is 0 Å². The lowest BCUT2D eigenvalue weighted by atomic mass is 10.2. The normalized spacial score (nSPS) is 22.4. The Hall–Kier alpha value is -1.34. The van der Waals surface area contributed by atoms with E-state index in [1.165, 1.54) is 18.5 Å². The van der Waals surface area contributed by atoms with Crippen molar-refractivity contribution in [2.24, 2.45) is 0 Å². The van der Waals surface area contributed by atoms with E-state index in [1.54, 1.807) is 0 Å². The maximum atomic E-state index is 12.1. The van der Waals surface area contributed by atoms with Gasteiger partial charge in [-0.05, 0) is 18.9 Å². The van der Waals surface area contributed by atoms with Crippen LogP contribution in [0, 0.1) is 0 Å². The number of nitrogens with one attached hydrogen (secondary N) is 1. The maximum absolute atomic E-state index is 12.1. The number of H-pyrrole nitrogens is 1. The van der Waals surface area contributed by atoms with Crippen LogP contribution in [0.4, 0.5) is 0 Å². The quantitative estimate of drug-likeness (QED) is 0.797. The Balaban J connectivity index is 2.34. The number of rotatable bonds is 3. The van der Waals surface area contributed by atoms with Crippen molar-refractivity contribution in [2.45, 2.75) is 23.8 Å². The SMILES string of the molecule is O=C(O)[C@@H]1CCCN1S(=O)(=O)c1cc[nH]c1. The molecular weight excluding hydrogens is 232 g/mol. The molecule has 2 heterocycles. The number of hydrogen-bond acceptors (Lipinski definition) is 3. The first kappa shape index (κ1) is 11.2. The van der Waals surface area contributed by atoms with Crippen LogP contribution in [0.1, 0.15) is 12.8 Å². The molecule has 0 saturated carbocycles. The summed E-state index contributed by atoms with van der Waals surface area (Å²) in [7, 11) is -3.67. The Bertz CT molecular complexity index is 480. The van der Waals surface area contributed by atoms with Crippen molar-refractivity contribution >= 4 is 16.0 Å². The van der Waals surface area contributed by atoms with E-state index in [2.05, 4.69) is 4.98 Å². The standard InChI is InChI=1S/C9H12N2O4S/c12-9(13)8-2-1-5-11(8)16(14,15)7-3-4-10-6-7/h3-4,6,8,10H,1-2,5H2,(H,12,13)/t8-/m0/s1. The third-order valence-electron chi connectivity index (χ3n) is 2.66. The molecule has 2 rings (SSSR count). The van der Waals surface area contributed by atoms with Gasteiger partial charge in [-0.1, -0.05) is 0 Å². The fraction of sp³-hybridized carbons (Fsp3) is 0.444. The Kier molecular flexibility index (Phi) is 2.73. The van der Waals surface area contributed by atoms with Crippen molar-refractivity contribution < 1.29 is 18.3 Å². The van der Waals surface area contributed by atoms with Crippen molar-refractivity contribution in [3.63, 3.8) is 0 Å². The molecule has 1 atom stereocenters. The molecule has 0 spiro atoms. The molecule has 88 valence electrons. The van der Waals surface area contributed by atoms with Gasteiger partial charge in [0.2, 0.25) is 10.0 Å². The average Bonchev–Trinajstić information content (AvgIpc) is 2.89. The topological polar surface area (TPSA) is 90.5 Å². The number of carboxylic acid groups (broad SMARTS) is 1. The van der Waals surface area contributed by atoms with E-state index in [-0.39, 0.29) is 11.4 Å². The van der Waals surface area contributed by atoms with Crippen molar-refractivity contribution in [3.05, 3.63) is 18.5 Å². The van der Waals surface area contributed by atoms with Gasteiger partial charge in [0.15, 0.2) is 0 Å². The molecule has 1 aliphatic heterocycles. The van der Waals surface area contributed by atoms with Crippen LogP contribution in [0.2, 0.25) is 0 Å². The summed E-state index contributed by atoms with van der Waals surface area (Å²) in [5.74, 6) is -1.09. The Morgan fingerprint density at radius 3 is 2.88 bits per heavy atom. The number of aromatic nitrogens is 1. The second kappa shape index (κ2) is 3.91. The molecule has 6 nitrogen and oxygen atoms in total. The number of carboxylic acids is 1. The summed E-state index contributed by atoms with van der Waals surface area (Å²) in [6, 6.07) is 0.493. The minimum Gasteiger partial charge on any atom is -0.480 e. The summed E-state index contributed by atoms with van der Waals surface area (Å²) >= 11 is 0. The second-order valence-corrected chi connectivity index (χ2v) is 5.55. The summed E-state index contributed by atoms with van der Waals surface area (Å²) < 4.78 is 25.2. The van der Waals surface area contributed by atoms with Crippen LogP contribution in [-0.4, -0.2) is 41.4 Å². The van der Waals surface area contributed by atoms with Crippen LogP contribution >= 0.6 is 0 Å². The molecule has 7 heteroatoms. The average molecular weight is 244 g/mol. The van der Waals surface area contributed by atoms with E-state index in [4.69, 9.17) is 5.11 Å². The summed E-state index contributed by atoms with van der Waals surface area (Å²) in [6.07, 6.45) is 3.81. The number of carbonyl (C=O) groups is 1. The molecule has 0 amide bonds. The molecule has 0 bridgehead atoms. The molecule has 0 aliphatic carbocycles. The molecule has 16 heavy (non-hydrogen) atoms. The predicted octanol–water partition coefficient (Wildman–Crippen LogP) is 0.252. The van der Waals surface area contributed by atoms with Crippen molar-refractivity contribution in [1.82, 2.24) is 9.29 Å². The van der Waals surface area contributed by atoms with Crippen LogP contribution in [-0.2, 0) is 14.8 Å². The lowest BCUT2D eigenvalue weighted by Gasteiger charge is -2.19. The van der Waals surface area contributed by atoms with E-state index in [9.17, 15) is 13.2 Å². The largest absolute Gasteiger partial charge is 0.480 e. The lowest BCUT2D eigenvalue weighted by Crippen LogP contribution is -2.40. The van der Waals surface area contributed by atoms with E-state index in [0.29, 0.717) is 12.8 Å². The summed E-state index contributed by atoms with van der Waals surface area (Å²) in [5.41, 5.74) is 0. The second-order valence-electron chi connectivity index (χ2n) is 3.66. The number of nitrogens with zero attached hydrogens (tertiary/aromatic N) is 1. The van der Waals surface area contributed by atoms with Crippen LogP contribution < -0.4 is 0 Å². The predicted molar refractivity (Wildman–Crippen MR) is 55.3 cm³/mol. The van der Waals surface area contributed by atoms with Crippen LogP contribution in [0.3, 0.4) is 0 Å². The highest BCUT2D eigenvalue weighted by Crippen LogP contribution is 2.25. The van der Waals surface area contributed by atoms with Gasteiger partial charge in [0.25, 0.3) is 0 Å². The molecule has 0 unspecified atom stereocenters. The zero-order valence-corrected chi connectivity index (χ0v) is 9.27. The molecule has 1 saturated heterocycles. The van der Waals surface area contributed by atoms with Gasteiger partial charge >= 0.3 is 5.97 Å². The first-order valence-electron chi connectivity index (χ1n) is 4.91. The third-order valence-corrected chi connectivity index (χ3v) is 4.57. The fourth-order valence-electron chi connectivity index (χ4n) is 1.88. The maximum Gasteiger partial charge on any atom is 0.322 e. The van der Waals surface area contributed by atoms with Gasteiger partial charge in [0, 0.05) is 18.9 Å². The highest BCUT2D eigenvalue weighted by molar-refractivity contribution is 7.89. The molecule has 1 aromatic heterocycles. The van der Waals surface area contributed by atoms with Gasteiger partial charge in [0.1, 0.15) is 6.04 Å². The summed E-state index contributed by atoms with van der Waals surface area (Å²) in [5, 5.41) is 8.93. The molecule has 2 N–H and O–H groups in total. The van der Waals surface area contributed by atoms with Gasteiger partial charge in [0.05, 0.1) is 4.90 Å². The molecule has 1 fully saturated rings. The number of hydrogen-bond donors (Lipinski definition) is 2. The van der Waals surface area contributed by atoms with E-state index < -0.39 is 22.0 Å². The summed E-state index contributed by atoms with van der Waals surface area (Å²) in [6.45, 7) is 0.268. The smallest absolute Gasteiger partial charge is 0.322 e. The van der Waals surface area contributed by atoms with E-state index in [0.717, 1.165) is 4.31 Å². The van der Waals surface area contributed by atoms with Crippen LogP contribution in [0.25, 0.3) is 0 Å². The first-order chi connectivity index (χ1) is 7.53. The zero-order chi connectivity index (χ0) is 11.8. The highest BCUT2D eigenvalue weighted by atomic mass is 32.2.